The largest absolute Gasteiger partial charge is 0.454 e. The van der Waals surface area contributed by atoms with Gasteiger partial charge in [0.15, 0.2) is 0 Å². The predicted molar refractivity (Wildman–Crippen MR) is 76.3 cm³/mol. The number of carbonyl (C=O) groups is 1. The predicted octanol–water partition coefficient (Wildman–Crippen LogP) is 3.76. The van der Waals surface area contributed by atoms with Gasteiger partial charge in [-0.2, -0.15) is 0 Å². The molecule has 6 heteroatoms. The molecule has 22 heavy (non-hydrogen) atoms. The van der Waals surface area contributed by atoms with E-state index >= 15 is 0 Å². The van der Waals surface area contributed by atoms with Gasteiger partial charge in [-0.3, -0.25) is 0 Å². The number of aromatic nitrogens is 2. The second kappa shape index (κ2) is 5.55. The van der Waals surface area contributed by atoms with Crippen LogP contribution in [0, 0.1) is 11.6 Å². The maximum Gasteiger partial charge on any atom is 0.341 e. The molecule has 0 saturated heterocycles. The van der Waals surface area contributed by atoms with E-state index in [9.17, 15) is 13.6 Å². The van der Waals surface area contributed by atoms with Crippen LogP contribution >= 0.6 is 0 Å². The molecule has 0 amide bonds. The van der Waals surface area contributed by atoms with Crippen LogP contribution < -0.4 is 0 Å². The van der Waals surface area contributed by atoms with Crippen LogP contribution in [0.1, 0.15) is 28.9 Å². The number of imidazole rings is 1. The van der Waals surface area contributed by atoms with Gasteiger partial charge < -0.3 is 9.72 Å². The highest BCUT2D eigenvalue weighted by Crippen LogP contribution is 2.22. The summed E-state index contributed by atoms with van der Waals surface area (Å²) in [5.74, 6) is -1.95. The molecule has 4 nitrogen and oxygen atoms in total. The molecule has 0 unspecified atom stereocenters. The molecule has 0 fully saturated rings. The lowest BCUT2D eigenvalue weighted by molar-refractivity contribution is 0.0332. The topological polar surface area (TPSA) is 55.0 Å². The number of nitrogens with one attached hydrogen (secondary N) is 1. The molecule has 1 N–H and O–H groups in total. The van der Waals surface area contributed by atoms with Crippen molar-refractivity contribution in [2.24, 2.45) is 0 Å². The smallest absolute Gasteiger partial charge is 0.341 e. The van der Waals surface area contributed by atoms with Crippen molar-refractivity contribution in [1.82, 2.24) is 9.97 Å². The zero-order valence-electron chi connectivity index (χ0n) is 11.6. The van der Waals surface area contributed by atoms with Crippen LogP contribution in [0.2, 0.25) is 0 Å². The third kappa shape index (κ3) is 2.67. The number of carbonyl (C=O) groups excluding carboxylic acids is 1. The van der Waals surface area contributed by atoms with Gasteiger partial charge in [0, 0.05) is 6.07 Å². The molecule has 0 aliphatic heterocycles. The van der Waals surface area contributed by atoms with Crippen molar-refractivity contribution in [1.29, 1.82) is 0 Å². The van der Waals surface area contributed by atoms with Gasteiger partial charge in [0.25, 0.3) is 0 Å². The van der Waals surface area contributed by atoms with E-state index in [4.69, 9.17) is 4.74 Å². The summed E-state index contributed by atoms with van der Waals surface area (Å²) >= 11 is 0. The Hall–Kier alpha value is -2.76. The van der Waals surface area contributed by atoms with Crippen molar-refractivity contribution in [2.75, 3.05) is 0 Å². The van der Waals surface area contributed by atoms with E-state index in [1.54, 1.807) is 13.0 Å². The molecule has 0 bridgehead atoms. The maximum absolute atomic E-state index is 14.0. The van der Waals surface area contributed by atoms with E-state index in [1.165, 1.54) is 36.7 Å². The van der Waals surface area contributed by atoms with Crippen LogP contribution in [-0.2, 0) is 4.74 Å². The number of nitrogens with zero attached hydrogens (tertiary/aromatic N) is 1. The van der Waals surface area contributed by atoms with Gasteiger partial charge in [-0.25, -0.2) is 18.6 Å². The molecule has 1 atom stereocenters. The van der Waals surface area contributed by atoms with Crippen LogP contribution in [0.5, 0.6) is 0 Å². The molecule has 1 aromatic heterocycles. The van der Waals surface area contributed by atoms with E-state index in [2.05, 4.69) is 9.97 Å². The first-order chi connectivity index (χ1) is 10.5. The molecule has 1 heterocycles. The summed E-state index contributed by atoms with van der Waals surface area (Å²) in [5.41, 5.74) is 1.25. The first-order valence-electron chi connectivity index (χ1n) is 6.63. The summed E-state index contributed by atoms with van der Waals surface area (Å²) in [4.78, 5) is 18.8. The summed E-state index contributed by atoms with van der Waals surface area (Å²) in [5, 5.41) is 0. The monoisotopic (exact) mass is 302 g/mol. The summed E-state index contributed by atoms with van der Waals surface area (Å²) in [6.07, 6.45) is 0.715. The van der Waals surface area contributed by atoms with Gasteiger partial charge >= 0.3 is 5.97 Å². The molecule has 3 rings (SSSR count). The van der Waals surface area contributed by atoms with Crippen LogP contribution in [0.3, 0.4) is 0 Å². The van der Waals surface area contributed by atoms with Gasteiger partial charge in [-0.1, -0.05) is 12.1 Å². The second-order valence-corrected chi connectivity index (χ2v) is 4.85. The number of aromatic amines is 1. The highest BCUT2D eigenvalue weighted by atomic mass is 19.1. The molecule has 2 aromatic carbocycles. The minimum atomic E-state index is -0.820. The van der Waals surface area contributed by atoms with Gasteiger partial charge in [-0.05, 0) is 30.7 Å². The number of ether oxygens (including phenoxy) is 1. The molecule has 0 saturated carbocycles. The van der Waals surface area contributed by atoms with E-state index < -0.39 is 23.7 Å². The Balaban J connectivity index is 1.85. The first kappa shape index (κ1) is 14.2. The van der Waals surface area contributed by atoms with Gasteiger partial charge in [-0.15, -0.1) is 0 Å². The van der Waals surface area contributed by atoms with Crippen LogP contribution in [-0.4, -0.2) is 15.9 Å². The van der Waals surface area contributed by atoms with Crippen LogP contribution in [0.25, 0.3) is 11.0 Å². The van der Waals surface area contributed by atoms with Crippen molar-refractivity contribution in [2.45, 2.75) is 13.0 Å². The summed E-state index contributed by atoms with van der Waals surface area (Å²) in [6.45, 7) is 1.59. The number of hydrogen-bond donors (Lipinski definition) is 1. The van der Waals surface area contributed by atoms with Gasteiger partial charge in [0.1, 0.15) is 17.7 Å². The number of hydrogen-bond acceptors (Lipinski definition) is 3. The standard InChI is InChI=1S/C16H12F2N2O2/c1-9(10-3-2-4-11(17)5-10)22-16(21)12-6-14-15(7-13(12)18)20-8-19-14/h2-9H,1H3,(H,19,20)/t9-/m0/s1. The fourth-order valence-corrected chi connectivity index (χ4v) is 2.16. The highest BCUT2D eigenvalue weighted by molar-refractivity contribution is 5.94. The quantitative estimate of drug-likeness (QED) is 0.749. The fraction of sp³-hybridized carbons (Fsp3) is 0.125. The maximum atomic E-state index is 14.0. The normalized spacial score (nSPS) is 12.3. The third-order valence-electron chi connectivity index (χ3n) is 3.33. The average molecular weight is 302 g/mol. The lowest BCUT2D eigenvalue weighted by Crippen LogP contribution is -2.11. The van der Waals surface area contributed by atoms with Crippen molar-refractivity contribution >= 4 is 17.0 Å². The molecule has 3 aromatic rings. The molecule has 0 aliphatic rings. The fourth-order valence-electron chi connectivity index (χ4n) is 2.16. The van der Waals surface area contributed by atoms with Crippen molar-refractivity contribution in [3.63, 3.8) is 0 Å². The van der Waals surface area contributed by atoms with Crippen molar-refractivity contribution < 1.29 is 18.3 Å². The number of rotatable bonds is 3. The number of benzene rings is 2. The summed E-state index contributed by atoms with van der Waals surface area (Å²) < 4.78 is 32.3. The molecule has 0 radical (unpaired) electrons. The van der Waals surface area contributed by atoms with E-state index in [0.29, 0.717) is 16.6 Å². The Morgan fingerprint density at radius 3 is 2.86 bits per heavy atom. The number of halogens is 2. The second-order valence-electron chi connectivity index (χ2n) is 4.85. The Morgan fingerprint density at radius 2 is 2.09 bits per heavy atom. The highest BCUT2D eigenvalue weighted by Gasteiger charge is 2.19. The SMILES string of the molecule is C[C@H](OC(=O)c1cc2nc[nH]c2cc1F)c1cccc(F)c1. The Labute approximate surface area is 124 Å². The lowest BCUT2D eigenvalue weighted by Gasteiger charge is -2.14. The van der Waals surface area contributed by atoms with E-state index in [0.717, 1.165) is 0 Å². The third-order valence-corrected chi connectivity index (χ3v) is 3.33. The number of esters is 1. The average Bonchev–Trinajstić information content (AvgIpc) is 2.93. The zero-order chi connectivity index (χ0) is 15.7. The molecule has 0 spiro atoms. The minimum absolute atomic E-state index is 0.206. The van der Waals surface area contributed by atoms with E-state index in [1.807, 2.05) is 0 Å². The summed E-state index contributed by atoms with van der Waals surface area (Å²) in [7, 11) is 0. The Kier molecular flexibility index (Phi) is 3.58. The van der Waals surface area contributed by atoms with Gasteiger partial charge in [0.2, 0.25) is 0 Å². The molecule has 0 aliphatic carbocycles. The molecule has 112 valence electrons. The Bertz CT molecular complexity index is 845. The Morgan fingerprint density at radius 1 is 1.27 bits per heavy atom. The van der Waals surface area contributed by atoms with Crippen LogP contribution in [0.15, 0.2) is 42.7 Å². The lowest BCUT2D eigenvalue weighted by atomic mass is 10.1. The minimum Gasteiger partial charge on any atom is -0.454 e. The molecular weight excluding hydrogens is 290 g/mol. The van der Waals surface area contributed by atoms with Crippen molar-refractivity contribution in [3.8, 4) is 0 Å². The molecular formula is C16H12F2N2O2. The van der Waals surface area contributed by atoms with E-state index in [-0.39, 0.29) is 5.56 Å². The van der Waals surface area contributed by atoms with Crippen LogP contribution in [0.4, 0.5) is 8.78 Å². The summed E-state index contributed by atoms with van der Waals surface area (Å²) in [6, 6.07) is 8.22. The van der Waals surface area contributed by atoms with Crippen molar-refractivity contribution in [3.05, 3.63) is 65.5 Å². The zero-order valence-corrected chi connectivity index (χ0v) is 11.6. The first-order valence-corrected chi connectivity index (χ1v) is 6.63. The van der Waals surface area contributed by atoms with Gasteiger partial charge in [0.05, 0.1) is 22.9 Å². The number of H-pyrrole nitrogens is 1. The number of fused-ring (bicyclic) bond motifs is 1.